The van der Waals surface area contributed by atoms with Crippen LogP contribution in [-0.4, -0.2) is 52.7 Å². The van der Waals surface area contributed by atoms with Crippen LogP contribution in [0.5, 0.6) is 0 Å². The van der Waals surface area contributed by atoms with E-state index in [1.165, 1.54) is 36.7 Å². The van der Waals surface area contributed by atoms with Crippen LogP contribution in [0.4, 0.5) is 5.69 Å². The van der Waals surface area contributed by atoms with Gasteiger partial charge in [-0.1, -0.05) is 11.6 Å². The Labute approximate surface area is 130 Å². The summed E-state index contributed by atoms with van der Waals surface area (Å²) in [5, 5.41) is 0.322. The lowest BCUT2D eigenvalue weighted by Crippen LogP contribution is -2.42. The maximum atomic E-state index is 12.7. The fourth-order valence-electron chi connectivity index (χ4n) is 1.90. The summed E-state index contributed by atoms with van der Waals surface area (Å²) in [6, 6.07) is 3.94. The number of rotatable bonds is 8. The monoisotopic (exact) mass is 336 g/mol. The third kappa shape index (κ3) is 4.55. The Morgan fingerprint density at radius 2 is 2.00 bits per heavy atom. The van der Waals surface area contributed by atoms with Crippen LogP contribution in [0.2, 0.25) is 5.02 Å². The molecule has 0 aliphatic heterocycles. The molecule has 0 saturated carbocycles. The number of anilines is 1. The molecule has 8 heteroatoms. The van der Waals surface area contributed by atoms with E-state index < -0.39 is 10.0 Å². The molecule has 120 valence electrons. The lowest BCUT2D eigenvalue weighted by Gasteiger charge is -2.27. The van der Waals surface area contributed by atoms with Gasteiger partial charge in [-0.2, -0.15) is 4.31 Å². The molecular weight excluding hydrogens is 316 g/mol. The van der Waals surface area contributed by atoms with Gasteiger partial charge in [0.2, 0.25) is 10.0 Å². The SMILES string of the molecule is COCCN(C(C)COC)S(=O)(=O)c1ccc(Cl)c(N)c1. The van der Waals surface area contributed by atoms with Gasteiger partial charge < -0.3 is 15.2 Å². The van der Waals surface area contributed by atoms with Crippen molar-refractivity contribution < 1.29 is 17.9 Å². The van der Waals surface area contributed by atoms with E-state index >= 15 is 0 Å². The van der Waals surface area contributed by atoms with Crippen molar-refractivity contribution in [1.82, 2.24) is 4.31 Å². The van der Waals surface area contributed by atoms with Gasteiger partial charge in [-0.15, -0.1) is 0 Å². The molecule has 0 aliphatic carbocycles. The third-order valence-electron chi connectivity index (χ3n) is 2.99. The number of hydrogen-bond acceptors (Lipinski definition) is 5. The largest absolute Gasteiger partial charge is 0.397 e. The molecule has 1 aromatic rings. The van der Waals surface area contributed by atoms with Gasteiger partial charge >= 0.3 is 0 Å². The van der Waals surface area contributed by atoms with Crippen LogP contribution >= 0.6 is 11.6 Å². The van der Waals surface area contributed by atoms with E-state index in [4.69, 9.17) is 26.8 Å². The molecule has 2 N–H and O–H groups in total. The summed E-state index contributed by atoms with van der Waals surface area (Å²) in [5.41, 5.74) is 5.91. The zero-order valence-corrected chi connectivity index (χ0v) is 13.9. The second-order valence-electron chi connectivity index (χ2n) is 4.60. The van der Waals surface area contributed by atoms with Crippen molar-refractivity contribution in [3.63, 3.8) is 0 Å². The van der Waals surface area contributed by atoms with Gasteiger partial charge in [0.05, 0.1) is 28.8 Å². The molecule has 0 saturated heterocycles. The van der Waals surface area contributed by atoms with Crippen molar-refractivity contribution in [2.75, 3.05) is 39.7 Å². The summed E-state index contributed by atoms with van der Waals surface area (Å²) >= 11 is 5.83. The maximum absolute atomic E-state index is 12.7. The highest BCUT2D eigenvalue weighted by atomic mass is 35.5. The van der Waals surface area contributed by atoms with E-state index in [1.807, 2.05) is 0 Å². The molecule has 0 aromatic heterocycles. The van der Waals surface area contributed by atoms with Crippen LogP contribution in [0.3, 0.4) is 0 Å². The minimum absolute atomic E-state index is 0.100. The number of halogens is 1. The minimum Gasteiger partial charge on any atom is -0.397 e. The fraction of sp³-hybridized carbons (Fsp3) is 0.538. The van der Waals surface area contributed by atoms with E-state index in [1.54, 1.807) is 6.92 Å². The average molecular weight is 337 g/mol. The molecule has 6 nitrogen and oxygen atoms in total. The zero-order valence-electron chi connectivity index (χ0n) is 12.4. The molecular formula is C13H21ClN2O4S. The maximum Gasteiger partial charge on any atom is 0.243 e. The standard InChI is InChI=1S/C13H21ClN2O4S/c1-10(9-20-3)16(6-7-19-2)21(17,18)11-4-5-12(14)13(15)8-11/h4-5,8,10H,6-7,9,15H2,1-3H3. The highest BCUT2D eigenvalue weighted by Crippen LogP contribution is 2.25. The quantitative estimate of drug-likeness (QED) is 0.729. The number of nitrogens with zero attached hydrogens (tertiary/aromatic N) is 1. The Kier molecular flexibility index (Phi) is 6.89. The summed E-state index contributed by atoms with van der Waals surface area (Å²) in [5.74, 6) is 0. The van der Waals surface area contributed by atoms with Crippen molar-refractivity contribution in [1.29, 1.82) is 0 Å². The van der Waals surface area contributed by atoms with Crippen molar-refractivity contribution in [3.05, 3.63) is 23.2 Å². The van der Waals surface area contributed by atoms with E-state index in [2.05, 4.69) is 0 Å². The van der Waals surface area contributed by atoms with Crippen LogP contribution in [0, 0.1) is 0 Å². The highest BCUT2D eigenvalue weighted by molar-refractivity contribution is 7.89. The highest BCUT2D eigenvalue weighted by Gasteiger charge is 2.29. The number of methoxy groups -OCH3 is 2. The van der Waals surface area contributed by atoms with Gasteiger partial charge in [0.15, 0.2) is 0 Å². The van der Waals surface area contributed by atoms with Gasteiger partial charge in [0.1, 0.15) is 0 Å². The van der Waals surface area contributed by atoms with Crippen molar-refractivity contribution in [3.8, 4) is 0 Å². The molecule has 1 atom stereocenters. The molecule has 1 rings (SSSR count). The Bertz CT molecular complexity index is 565. The predicted molar refractivity (Wildman–Crippen MR) is 83.0 cm³/mol. The Morgan fingerprint density at radius 3 is 2.52 bits per heavy atom. The van der Waals surface area contributed by atoms with E-state index in [9.17, 15) is 8.42 Å². The first kappa shape index (κ1) is 18.2. The number of nitrogens with two attached hydrogens (primary N) is 1. The summed E-state index contributed by atoms with van der Waals surface area (Å²) < 4.78 is 36.8. The normalized spacial score (nSPS) is 13.6. The number of nitrogen functional groups attached to an aromatic ring is 1. The lowest BCUT2D eigenvalue weighted by atomic mass is 10.3. The Hall–Kier alpha value is -0.860. The second kappa shape index (κ2) is 7.95. The van der Waals surface area contributed by atoms with Crippen molar-refractivity contribution >= 4 is 27.3 Å². The van der Waals surface area contributed by atoms with E-state index in [0.717, 1.165) is 0 Å². The molecule has 0 bridgehead atoms. The molecule has 21 heavy (non-hydrogen) atoms. The topological polar surface area (TPSA) is 81.9 Å². The van der Waals surface area contributed by atoms with Gasteiger partial charge in [-0.05, 0) is 25.1 Å². The molecule has 0 fully saturated rings. The Morgan fingerprint density at radius 1 is 1.33 bits per heavy atom. The predicted octanol–water partition coefficient (Wildman–Crippen LogP) is 1.59. The summed E-state index contributed by atoms with van der Waals surface area (Å²) in [6.07, 6.45) is 0. The molecule has 0 spiro atoms. The van der Waals surface area contributed by atoms with Crippen LogP contribution in [0.15, 0.2) is 23.1 Å². The number of benzene rings is 1. The average Bonchev–Trinajstić information content (AvgIpc) is 2.42. The first-order valence-corrected chi connectivity index (χ1v) is 8.21. The first-order chi connectivity index (χ1) is 9.84. The summed E-state index contributed by atoms with van der Waals surface area (Å²) in [7, 11) is -0.654. The van der Waals surface area contributed by atoms with Crippen LogP contribution in [0.1, 0.15) is 6.92 Å². The molecule has 1 aromatic carbocycles. The van der Waals surface area contributed by atoms with E-state index in [-0.39, 0.29) is 36.4 Å². The number of hydrogen-bond donors (Lipinski definition) is 1. The van der Waals surface area contributed by atoms with Gasteiger partial charge in [0.25, 0.3) is 0 Å². The lowest BCUT2D eigenvalue weighted by molar-refractivity contribution is 0.119. The van der Waals surface area contributed by atoms with Crippen LogP contribution in [0.25, 0.3) is 0 Å². The van der Waals surface area contributed by atoms with Crippen molar-refractivity contribution in [2.24, 2.45) is 0 Å². The number of ether oxygens (including phenoxy) is 2. The van der Waals surface area contributed by atoms with E-state index in [0.29, 0.717) is 5.02 Å². The molecule has 0 radical (unpaired) electrons. The van der Waals surface area contributed by atoms with Gasteiger partial charge in [0, 0.05) is 26.8 Å². The second-order valence-corrected chi connectivity index (χ2v) is 6.89. The Balaban J connectivity index is 3.15. The molecule has 0 aliphatic rings. The first-order valence-electron chi connectivity index (χ1n) is 6.39. The molecule has 0 amide bonds. The fourth-order valence-corrected chi connectivity index (χ4v) is 3.65. The van der Waals surface area contributed by atoms with Crippen LogP contribution < -0.4 is 5.73 Å². The third-order valence-corrected chi connectivity index (χ3v) is 5.34. The van der Waals surface area contributed by atoms with Gasteiger partial charge in [-0.3, -0.25) is 0 Å². The smallest absolute Gasteiger partial charge is 0.243 e. The van der Waals surface area contributed by atoms with Gasteiger partial charge in [-0.25, -0.2) is 8.42 Å². The molecule has 1 unspecified atom stereocenters. The molecule has 0 heterocycles. The van der Waals surface area contributed by atoms with Crippen molar-refractivity contribution in [2.45, 2.75) is 17.9 Å². The zero-order chi connectivity index (χ0) is 16.0. The van der Waals surface area contributed by atoms with Crippen LogP contribution in [-0.2, 0) is 19.5 Å². The number of sulfonamides is 1. The summed E-state index contributed by atoms with van der Waals surface area (Å²) in [4.78, 5) is 0.100. The summed E-state index contributed by atoms with van der Waals surface area (Å²) in [6.45, 7) is 2.57. The minimum atomic E-state index is -3.70.